The largest absolute Gasteiger partial charge is 0.326 e. The van der Waals surface area contributed by atoms with E-state index in [0.717, 1.165) is 19.5 Å². The standard InChI is InChI=1S/C16H23N3/c1-16(2,3)19-9-8-14(15(18)11-19)13-6-4-12(10-17)5-7-13/h4-7,14-15H,8-9,11,18H2,1-3H3. The van der Waals surface area contributed by atoms with E-state index in [0.29, 0.717) is 11.5 Å². The summed E-state index contributed by atoms with van der Waals surface area (Å²) in [6.07, 6.45) is 1.09. The molecule has 2 N–H and O–H groups in total. The maximum Gasteiger partial charge on any atom is 0.0991 e. The van der Waals surface area contributed by atoms with Crippen LogP contribution in [-0.4, -0.2) is 29.6 Å². The van der Waals surface area contributed by atoms with Crippen LogP contribution in [0.5, 0.6) is 0 Å². The minimum Gasteiger partial charge on any atom is -0.326 e. The average molecular weight is 257 g/mol. The van der Waals surface area contributed by atoms with Gasteiger partial charge in [0.25, 0.3) is 0 Å². The van der Waals surface area contributed by atoms with E-state index in [1.165, 1.54) is 5.56 Å². The van der Waals surface area contributed by atoms with E-state index in [9.17, 15) is 0 Å². The van der Waals surface area contributed by atoms with Gasteiger partial charge >= 0.3 is 0 Å². The fraction of sp³-hybridized carbons (Fsp3) is 0.562. The van der Waals surface area contributed by atoms with Crippen molar-refractivity contribution < 1.29 is 0 Å². The van der Waals surface area contributed by atoms with Gasteiger partial charge in [-0.2, -0.15) is 5.26 Å². The molecule has 1 aromatic rings. The number of hydrogen-bond acceptors (Lipinski definition) is 3. The van der Waals surface area contributed by atoms with E-state index < -0.39 is 0 Å². The van der Waals surface area contributed by atoms with Crippen LogP contribution < -0.4 is 5.73 Å². The molecule has 0 amide bonds. The van der Waals surface area contributed by atoms with Crippen molar-refractivity contribution in [1.29, 1.82) is 5.26 Å². The van der Waals surface area contributed by atoms with E-state index in [1.54, 1.807) is 0 Å². The minimum atomic E-state index is 0.168. The minimum absolute atomic E-state index is 0.168. The fourth-order valence-corrected chi connectivity index (χ4v) is 2.81. The maximum atomic E-state index is 8.83. The summed E-state index contributed by atoms with van der Waals surface area (Å²) in [5.41, 5.74) is 8.53. The topological polar surface area (TPSA) is 53.0 Å². The zero-order valence-corrected chi connectivity index (χ0v) is 12.1. The third-order valence-corrected chi connectivity index (χ3v) is 4.07. The molecule has 2 unspecified atom stereocenters. The Balaban J connectivity index is 2.09. The number of benzene rings is 1. The number of nitriles is 1. The molecule has 2 atom stereocenters. The first-order valence-corrected chi connectivity index (χ1v) is 6.92. The molecule has 0 radical (unpaired) electrons. The van der Waals surface area contributed by atoms with Gasteiger partial charge in [-0.1, -0.05) is 12.1 Å². The van der Waals surface area contributed by atoms with Gasteiger partial charge in [-0.15, -0.1) is 0 Å². The Morgan fingerprint density at radius 1 is 1.26 bits per heavy atom. The van der Waals surface area contributed by atoms with Crippen molar-refractivity contribution in [2.75, 3.05) is 13.1 Å². The zero-order chi connectivity index (χ0) is 14.0. The first kappa shape index (κ1) is 14.0. The molecule has 1 fully saturated rings. The number of hydrogen-bond donors (Lipinski definition) is 1. The van der Waals surface area contributed by atoms with Crippen molar-refractivity contribution in [2.24, 2.45) is 5.73 Å². The summed E-state index contributed by atoms with van der Waals surface area (Å²) in [6.45, 7) is 8.74. The molecule has 1 heterocycles. The second kappa shape index (κ2) is 5.32. The normalized spacial score (nSPS) is 25.0. The van der Waals surface area contributed by atoms with Gasteiger partial charge in [-0.05, 0) is 51.4 Å². The second-order valence-corrected chi connectivity index (χ2v) is 6.41. The molecule has 3 nitrogen and oxygen atoms in total. The highest BCUT2D eigenvalue weighted by Crippen LogP contribution is 2.30. The molecule has 0 aliphatic carbocycles. The van der Waals surface area contributed by atoms with Gasteiger partial charge in [-0.3, -0.25) is 4.90 Å². The molecule has 19 heavy (non-hydrogen) atoms. The van der Waals surface area contributed by atoms with Crippen molar-refractivity contribution in [1.82, 2.24) is 4.90 Å². The smallest absolute Gasteiger partial charge is 0.0991 e. The van der Waals surface area contributed by atoms with E-state index >= 15 is 0 Å². The molecular formula is C16H23N3. The Hall–Kier alpha value is -1.37. The van der Waals surface area contributed by atoms with Gasteiger partial charge in [0.1, 0.15) is 0 Å². The quantitative estimate of drug-likeness (QED) is 0.841. The van der Waals surface area contributed by atoms with Crippen molar-refractivity contribution in [3.63, 3.8) is 0 Å². The highest BCUT2D eigenvalue weighted by molar-refractivity contribution is 5.33. The Bertz CT molecular complexity index is 464. The summed E-state index contributed by atoms with van der Waals surface area (Å²) in [5, 5.41) is 8.83. The first-order chi connectivity index (χ1) is 8.91. The Labute approximate surface area is 116 Å². The van der Waals surface area contributed by atoms with Crippen LogP contribution in [0, 0.1) is 11.3 Å². The number of nitrogens with zero attached hydrogens (tertiary/aromatic N) is 2. The third-order valence-electron chi connectivity index (χ3n) is 4.07. The monoisotopic (exact) mass is 257 g/mol. The molecule has 1 aliphatic rings. The Kier molecular flexibility index (Phi) is 3.93. The van der Waals surface area contributed by atoms with Gasteiger partial charge in [0.15, 0.2) is 0 Å². The van der Waals surface area contributed by atoms with Crippen LogP contribution in [0.25, 0.3) is 0 Å². The molecule has 1 aliphatic heterocycles. The first-order valence-electron chi connectivity index (χ1n) is 6.92. The average Bonchev–Trinajstić information content (AvgIpc) is 2.38. The van der Waals surface area contributed by atoms with E-state index in [-0.39, 0.29) is 11.6 Å². The van der Waals surface area contributed by atoms with Crippen LogP contribution in [0.15, 0.2) is 24.3 Å². The predicted octanol–water partition coefficient (Wildman–Crippen LogP) is 2.47. The van der Waals surface area contributed by atoms with Gasteiger partial charge in [0.2, 0.25) is 0 Å². The molecular weight excluding hydrogens is 234 g/mol. The molecule has 0 bridgehead atoms. The molecule has 0 aromatic heterocycles. The highest BCUT2D eigenvalue weighted by atomic mass is 15.2. The number of piperidine rings is 1. The van der Waals surface area contributed by atoms with Crippen molar-refractivity contribution in [3.05, 3.63) is 35.4 Å². The lowest BCUT2D eigenvalue weighted by atomic mass is 9.84. The Morgan fingerprint density at radius 2 is 1.89 bits per heavy atom. The van der Waals surface area contributed by atoms with Crippen molar-refractivity contribution in [2.45, 2.75) is 44.7 Å². The van der Waals surface area contributed by atoms with E-state index in [4.69, 9.17) is 11.0 Å². The SMILES string of the molecule is CC(C)(C)N1CCC(c2ccc(C#N)cc2)C(N)C1. The van der Waals surface area contributed by atoms with Gasteiger partial charge < -0.3 is 5.73 Å². The summed E-state index contributed by atoms with van der Waals surface area (Å²) >= 11 is 0. The van der Waals surface area contributed by atoms with Gasteiger partial charge in [0, 0.05) is 24.0 Å². The fourth-order valence-electron chi connectivity index (χ4n) is 2.81. The summed E-state index contributed by atoms with van der Waals surface area (Å²) in [5.74, 6) is 0.409. The molecule has 1 aromatic carbocycles. The number of likely N-dealkylation sites (tertiary alicyclic amines) is 1. The van der Waals surface area contributed by atoms with Crippen molar-refractivity contribution in [3.8, 4) is 6.07 Å². The summed E-state index contributed by atoms with van der Waals surface area (Å²) in [7, 11) is 0. The summed E-state index contributed by atoms with van der Waals surface area (Å²) < 4.78 is 0. The van der Waals surface area contributed by atoms with Crippen molar-refractivity contribution >= 4 is 0 Å². The predicted molar refractivity (Wildman–Crippen MR) is 77.8 cm³/mol. The number of nitrogens with two attached hydrogens (primary N) is 1. The lowest BCUT2D eigenvalue weighted by Crippen LogP contribution is -2.54. The lowest BCUT2D eigenvalue weighted by Gasteiger charge is -2.44. The van der Waals surface area contributed by atoms with Crippen LogP contribution in [0.2, 0.25) is 0 Å². The Morgan fingerprint density at radius 3 is 2.37 bits per heavy atom. The van der Waals surface area contributed by atoms with Crippen LogP contribution in [0.4, 0.5) is 0 Å². The van der Waals surface area contributed by atoms with Crippen LogP contribution in [0.3, 0.4) is 0 Å². The third kappa shape index (κ3) is 3.15. The molecule has 2 rings (SSSR count). The van der Waals surface area contributed by atoms with E-state index in [1.807, 2.05) is 12.1 Å². The van der Waals surface area contributed by atoms with Crippen LogP contribution in [-0.2, 0) is 0 Å². The molecule has 3 heteroatoms. The summed E-state index contributed by atoms with van der Waals surface area (Å²) in [6, 6.07) is 10.2. The molecule has 0 spiro atoms. The zero-order valence-electron chi connectivity index (χ0n) is 12.1. The van der Waals surface area contributed by atoms with Gasteiger partial charge in [0.05, 0.1) is 11.6 Å². The second-order valence-electron chi connectivity index (χ2n) is 6.41. The summed E-state index contributed by atoms with van der Waals surface area (Å²) in [4.78, 5) is 2.46. The maximum absolute atomic E-state index is 8.83. The molecule has 102 valence electrons. The number of rotatable bonds is 1. The van der Waals surface area contributed by atoms with Gasteiger partial charge in [-0.25, -0.2) is 0 Å². The molecule has 0 saturated carbocycles. The van der Waals surface area contributed by atoms with Crippen LogP contribution >= 0.6 is 0 Å². The van der Waals surface area contributed by atoms with Crippen LogP contribution in [0.1, 0.15) is 44.2 Å². The molecule has 1 saturated heterocycles. The van der Waals surface area contributed by atoms with E-state index in [2.05, 4.69) is 43.9 Å². The lowest BCUT2D eigenvalue weighted by molar-refractivity contribution is 0.0902. The highest BCUT2D eigenvalue weighted by Gasteiger charge is 2.32.